The fraction of sp³-hybridized carbons (Fsp3) is 0.714. The third-order valence-electron chi connectivity index (χ3n) is 3.82. The molecule has 0 amide bonds. The number of methoxy groups -OCH3 is 1. The van der Waals surface area contributed by atoms with E-state index in [9.17, 15) is 4.79 Å². The van der Waals surface area contributed by atoms with Crippen molar-refractivity contribution in [2.45, 2.75) is 38.8 Å². The molecule has 21 heavy (non-hydrogen) atoms. The van der Waals surface area contributed by atoms with Crippen LogP contribution in [0.4, 0.5) is 5.82 Å². The second kappa shape index (κ2) is 6.44. The van der Waals surface area contributed by atoms with E-state index in [2.05, 4.69) is 4.98 Å². The van der Waals surface area contributed by atoms with Gasteiger partial charge in [0.05, 0.1) is 19.8 Å². The van der Waals surface area contributed by atoms with Gasteiger partial charge in [-0.2, -0.15) is 0 Å². The molecule has 0 bridgehead atoms. The Bertz CT molecular complexity index is 507. The molecular formula is C14H23N3O4. The highest BCUT2D eigenvalue weighted by Gasteiger charge is 2.37. The lowest BCUT2D eigenvalue weighted by Crippen LogP contribution is -2.37. The van der Waals surface area contributed by atoms with Crippen LogP contribution in [0.1, 0.15) is 36.6 Å². The van der Waals surface area contributed by atoms with Crippen LogP contribution in [0.25, 0.3) is 0 Å². The number of rotatable bonds is 6. The van der Waals surface area contributed by atoms with E-state index >= 15 is 0 Å². The first-order chi connectivity index (χ1) is 10.1. The molecule has 1 aliphatic rings. The number of nitrogen functional groups attached to an aromatic ring is 1. The van der Waals surface area contributed by atoms with Gasteiger partial charge in [0.1, 0.15) is 17.2 Å². The molecule has 7 heteroatoms. The highest BCUT2D eigenvalue weighted by Crippen LogP contribution is 2.28. The molecule has 1 aromatic rings. The van der Waals surface area contributed by atoms with Crippen molar-refractivity contribution in [2.75, 3.05) is 32.7 Å². The van der Waals surface area contributed by atoms with Gasteiger partial charge in [0, 0.05) is 26.6 Å². The molecule has 2 heterocycles. The number of carbonyl (C=O) groups is 1. The van der Waals surface area contributed by atoms with Crippen LogP contribution in [0, 0.1) is 0 Å². The molecule has 1 saturated heterocycles. The van der Waals surface area contributed by atoms with E-state index < -0.39 is 11.6 Å². The molecule has 1 aromatic heterocycles. The predicted octanol–water partition coefficient (Wildman–Crippen LogP) is 1.01. The highest BCUT2D eigenvalue weighted by atomic mass is 16.6. The van der Waals surface area contributed by atoms with Gasteiger partial charge >= 0.3 is 5.97 Å². The van der Waals surface area contributed by atoms with Gasteiger partial charge in [-0.25, -0.2) is 9.78 Å². The van der Waals surface area contributed by atoms with Crippen LogP contribution in [0.15, 0.2) is 0 Å². The number of hydrogen-bond donors (Lipinski definition) is 1. The maximum atomic E-state index is 11.9. The standard InChI is InChI=1S/C14H23N3O4/c1-4-10-16-11(13(18)21-5-2)12(15)17(10)8-14(19-3)6-7-20-9-14/h4-9,15H2,1-3H3. The van der Waals surface area contributed by atoms with E-state index in [0.29, 0.717) is 38.6 Å². The van der Waals surface area contributed by atoms with Gasteiger partial charge in [-0.05, 0) is 6.92 Å². The van der Waals surface area contributed by atoms with E-state index in [1.54, 1.807) is 14.0 Å². The Morgan fingerprint density at radius 3 is 2.81 bits per heavy atom. The van der Waals surface area contributed by atoms with Crippen LogP contribution in [0.3, 0.4) is 0 Å². The van der Waals surface area contributed by atoms with Gasteiger partial charge < -0.3 is 24.5 Å². The summed E-state index contributed by atoms with van der Waals surface area (Å²) < 4.78 is 17.9. The van der Waals surface area contributed by atoms with Crippen molar-refractivity contribution in [2.24, 2.45) is 0 Å². The third-order valence-corrected chi connectivity index (χ3v) is 3.82. The van der Waals surface area contributed by atoms with Crippen molar-refractivity contribution in [1.29, 1.82) is 0 Å². The molecule has 2 rings (SSSR count). The van der Waals surface area contributed by atoms with Gasteiger partial charge in [0.15, 0.2) is 5.69 Å². The summed E-state index contributed by atoms with van der Waals surface area (Å²) in [6.45, 7) is 5.71. The lowest BCUT2D eigenvalue weighted by atomic mass is 10.0. The maximum Gasteiger partial charge on any atom is 0.360 e. The Morgan fingerprint density at radius 2 is 2.29 bits per heavy atom. The number of imidazole rings is 1. The number of nitrogens with two attached hydrogens (primary N) is 1. The third kappa shape index (κ3) is 3.03. The van der Waals surface area contributed by atoms with Crippen LogP contribution in [-0.2, 0) is 27.2 Å². The smallest absolute Gasteiger partial charge is 0.360 e. The zero-order valence-corrected chi connectivity index (χ0v) is 12.8. The van der Waals surface area contributed by atoms with Crippen molar-refractivity contribution in [3.8, 4) is 0 Å². The highest BCUT2D eigenvalue weighted by molar-refractivity contribution is 5.92. The minimum Gasteiger partial charge on any atom is -0.461 e. The van der Waals surface area contributed by atoms with Gasteiger partial charge in [-0.15, -0.1) is 0 Å². The summed E-state index contributed by atoms with van der Waals surface area (Å²) in [5.74, 6) is 0.588. The summed E-state index contributed by atoms with van der Waals surface area (Å²) in [7, 11) is 1.67. The van der Waals surface area contributed by atoms with Crippen molar-refractivity contribution in [1.82, 2.24) is 9.55 Å². The molecule has 0 spiro atoms. The van der Waals surface area contributed by atoms with Crippen LogP contribution < -0.4 is 5.73 Å². The van der Waals surface area contributed by atoms with Crippen LogP contribution in [-0.4, -0.2) is 48.1 Å². The van der Waals surface area contributed by atoms with Gasteiger partial charge in [-0.3, -0.25) is 0 Å². The average Bonchev–Trinajstić information content (AvgIpc) is 3.06. The summed E-state index contributed by atoms with van der Waals surface area (Å²) in [4.78, 5) is 16.2. The van der Waals surface area contributed by atoms with Crippen LogP contribution >= 0.6 is 0 Å². The Labute approximate surface area is 124 Å². The van der Waals surface area contributed by atoms with Crippen molar-refractivity contribution in [3.05, 3.63) is 11.5 Å². The summed E-state index contributed by atoms with van der Waals surface area (Å²) in [6, 6.07) is 0. The number of ether oxygens (including phenoxy) is 3. The number of anilines is 1. The molecule has 7 nitrogen and oxygen atoms in total. The molecule has 0 radical (unpaired) electrons. The zero-order chi connectivity index (χ0) is 15.5. The number of aryl methyl sites for hydroxylation is 1. The number of hydrogen-bond acceptors (Lipinski definition) is 6. The van der Waals surface area contributed by atoms with E-state index in [1.807, 2.05) is 11.5 Å². The number of nitrogens with zero attached hydrogens (tertiary/aromatic N) is 2. The lowest BCUT2D eigenvalue weighted by molar-refractivity contribution is -0.0296. The largest absolute Gasteiger partial charge is 0.461 e. The lowest BCUT2D eigenvalue weighted by Gasteiger charge is -2.27. The Balaban J connectivity index is 2.32. The fourth-order valence-corrected chi connectivity index (χ4v) is 2.54. The Hall–Kier alpha value is -1.60. The second-order valence-electron chi connectivity index (χ2n) is 5.11. The molecule has 0 saturated carbocycles. The predicted molar refractivity (Wildman–Crippen MR) is 77.1 cm³/mol. The molecule has 0 aromatic carbocycles. The van der Waals surface area contributed by atoms with E-state index in [4.69, 9.17) is 19.9 Å². The molecule has 2 N–H and O–H groups in total. The summed E-state index contributed by atoms with van der Waals surface area (Å²) in [6.07, 6.45) is 1.46. The first-order valence-electron chi connectivity index (χ1n) is 7.21. The summed E-state index contributed by atoms with van der Waals surface area (Å²) >= 11 is 0. The number of carbonyl (C=O) groups excluding carboxylic acids is 1. The SMILES string of the molecule is CCOC(=O)c1nc(CC)n(CC2(OC)CCOC2)c1N. The average molecular weight is 297 g/mol. The maximum absolute atomic E-state index is 11.9. The summed E-state index contributed by atoms with van der Waals surface area (Å²) in [5, 5.41) is 0. The monoisotopic (exact) mass is 297 g/mol. The first kappa shape index (κ1) is 15.8. The van der Waals surface area contributed by atoms with E-state index in [-0.39, 0.29) is 5.69 Å². The molecular weight excluding hydrogens is 274 g/mol. The van der Waals surface area contributed by atoms with Crippen molar-refractivity contribution in [3.63, 3.8) is 0 Å². The molecule has 1 unspecified atom stereocenters. The van der Waals surface area contributed by atoms with Crippen LogP contribution in [0.5, 0.6) is 0 Å². The fourth-order valence-electron chi connectivity index (χ4n) is 2.54. The van der Waals surface area contributed by atoms with E-state index in [0.717, 1.165) is 12.2 Å². The van der Waals surface area contributed by atoms with E-state index in [1.165, 1.54) is 0 Å². The first-order valence-corrected chi connectivity index (χ1v) is 7.21. The summed E-state index contributed by atoms with van der Waals surface area (Å²) in [5.41, 5.74) is 5.87. The molecule has 1 aliphatic heterocycles. The Morgan fingerprint density at radius 1 is 1.52 bits per heavy atom. The quantitative estimate of drug-likeness (QED) is 0.788. The minimum absolute atomic E-state index is 0.180. The number of esters is 1. The number of aromatic nitrogens is 2. The van der Waals surface area contributed by atoms with Gasteiger partial charge in [0.25, 0.3) is 0 Å². The molecule has 1 atom stereocenters. The zero-order valence-electron chi connectivity index (χ0n) is 12.8. The molecule has 118 valence electrons. The van der Waals surface area contributed by atoms with Crippen molar-refractivity contribution >= 4 is 11.8 Å². The molecule has 0 aliphatic carbocycles. The second-order valence-corrected chi connectivity index (χ2v) is 5.11. The van der Waals surface area contributed by atoms with Gasteiger partial charge in [0.2, 0.25) is 0 Å². The van der Waals surface area contributed by atoms with Gasteiger partial charge in [-0.1, -0.05) is 6.92 Å². The van der Waals surface area contributed by atoms with Crippen LogP contribution in [0.2, 0.25) is 0 Å². The Kier molecular flexibility index (Phi) is 4.84. The molecule has 1 fully saturated rings. The topological polar surface area (TPSA) is 88.6 Å². The minimum atomic E-state index is -0.488. The normalized spacial score (nSPS) is 21.7. The van der Waals surface area contributed by atoms with Crippen molar-refractivity contribution < 1.29 is 19.0 Å².